The van der Waals surface area contributed by atoms with E-state index in [2.05, 4.69) is 11.1 Å². The van der Waals surface area contributed by atoms with Crippen LogP contribution in [-0.4, -0.2) is 15.3 Å². The molecule has 0 bridgehead atoms. The van der Waals surface area contributed by atoms with Gasteiger partial charge in [0.2, 0.25) is 5.82 Å². The van der Waals surface area contributed by atoms with Crippen molar-refractivity contribution >= 4 is 11.8 Å². The highest BCUT2D eigenvalue weighted by atomic mass is 32.2. The van der Waals surface area contributed by atoms with E-state index in [-0.39, 0.29) is 5.82 Å². The summed E-state index contributed by atoms with van der Waals surface area (Å²) in [7, 11) is 0. The van der Waals surface area contributed by atoms with Crippen LogP contribution in [-0.2, 0) is 0 Å². The topological polar surface area (TPSA) is 65.4 Å². The Balaban J connectivity index is 2.63. The molecule has 0 saturated heterocycles. The van der Waals surface area contributed by atoms with Crippen molar-refractivity contribution in [2.45, 2.75) is 11.8 Å². The van der Waals surface area contributed by atoms with Gasteiger partial charge in [-0.2, -0.15) is 10.5 Å². The zero-order valence-electron chi connectivity index (χ0n) is 9.79. The van der Waals surface area contributed by atoms with Gasteiger partial charge in [-0.1, -0.05) is 13.0 Å². The molecule has 0 aliphatic carbocycles. The SMILES string of the molecule is CCSc1cccc(-n2ccnc2C#N)c1C#N. The van der Waals surface area contributed by atoms with Gasteiger partial charge in [-0.25, -0.2) is 4.98 Å². The molecule has 0 radical (unpaired) electrons. The van der Waals surface area contributed by atoms with Crippen molar-refractivity contribution in [1.82, 2.24) is 9.55 Å². The van der Waals surface area contributed by atoms with Gasteiger partial charge >= 0.3 is 0 Å². The molecule has 0 atom stereocenters. The molecule has 1 aromatic heterocycles. The highest BCUT2D eigenvalue weighted by Gasteiger charge is 2.12. The first-order chi connectivity index (χ1) is 8.81. The molecular formula is C13H10N4S. The Bertz CT molecular complexity index is 646. The minimum absolute atomic E-state index is 0.283. The predicted molar refractivity (Wildman–Crippen MR) is 69.4 cm³/mol. The summed E-state index contributed by atoms with van der Waals surface area (Å²) in [6, 6.07) is 9.84. The van der Waals surface area contributed by atoms with Crippen LogP contribution in [0.5, 0.6) is 0 Å². The fourth-order valence-corrected chi connectivity index (χ4v) is 2.47. The molecule has 0 aliphatic heterocycles. The molecule has 0 unspecified atom stereocenters. The zero-order valence-corrected chi connectivity index (χ0v) is 10.6. The smallest absolute Gasteiger partial charge is 0.217 e. The first kappa shape index (κ1) is 12.2. The largest absolute Gasteiger partial charge is 0.290 e. The van der Waals surface area contributed by atoms with Gasteiger partial charge in [-0.15, -0.1) is 11.8 Å². The summed E-state index contributed by atoms with van der Waals surface area (Å²) < 4.78 is 1.64. The van der Waals surface area contributed by atoms with Crippen molar-refractivity contribution in [2.75, 3.05) is 5.75 Å². The maximum absolute atomic E-state index is 9.31. The Morgan fingerprint density at radius 1 is 1.33 bits per heavy atom. The van der Waals surface area contributed by atoms with Crippen LogP contribution in [0.25, 0.3) is 5.69 Å². The minimum Gasteiger partial charge on any atom is -0.290 e. The Kier molecular flexibility index (Phi) is 3.66. The second-order valence-electron chi connectivity index (χ2n) is 3.43. The second-order valence-corrected chi connectivity index (χ2v) is 4.73. The maximum atomic E-state index is 9.31. The summed E-state index contributed by atoms with van der Waals surface area (Å²) in [4.78, 5) is 4.87. The standard InChI is InChI=1S/C13H10N4S/c1-2-18-12-5-3-4-11(10(12)8-14)17-7-6-16-13(17)9-15/h3-7H,2H2,1H3. The molecular weight excluding hydrogens is 244 g/mol. The van der Waals surface area contributed by atoms with Gasteiger partial charge in [-0.3, -0.25) is 4.57 Å². The van der Waals surface area contributed by atoms with Crippen LogP contribution in [0.4, 0.5) is 0 Å². The summed E-state index contributed by atoms with van der Waals surface area (Å²) >= 11 is 1.61. The first-order valence-electron chi connectivity index (χ1n) is 5.41. The number of thioether (sulfide) groups is 1. The third kappa shape index (κ3) is 2.09. The Hall–Kier alpha value is -2.24. The van der Waals surface area contributed by atoms with Crippen LogP contribution in [0.1, 0.15) is 18.3 Å². The zero-order chi connectivity index (χ0) is 13.0. The second kappa shape index (κ2) is 5.39. The summed E-state index contributed by atoms with van der Waals surface area (Å²) in [5.41, 5.74) is 1.28. The van der Waals surface area contributed by atoms with Gasteiger partial charge < -0.3 is 0 Å². The number of nitrogens with zero attached hydrogens (tertiary/aromatic N) is 4. The van der Waals surface area contributed by atoms with Crippen molar-refractivity contribution in [1.29, 1.82) is 10.5 Å². The van der Waals surface area contributed by atoms with E-state index in [1.165, 1.54) is 0 Å². The number of imidazole rings is 1. The van der Waals surface area contributed by atoms with Gasteiger partial charge in [0.05, 0.1) is 11.3 Å². The summed E-state index contributed by atoms with van der Waals surface area (Å²) in [6.45, 7) is 2.04. The third-order valence-corrected chi connectivity index (χ3v) is 3.36. The monoisotopic (exact) mass is 254 g/mol. The van der Waals surface area contributed by atoms with Crippen LogP contribution in [0.3, 0.4) is 0 Å². The highest BCUT2D eigenvalue weighted by molar-refractivity contribution is 7.99. The van der Waals surface area contributed by atoms with E-state index in [0.717, 1.165) is 10.6 Å². The number of benzene rings is 1. The number of aromatic nitrogens is 2. The number of rotatable bonds is 3. The Morgan fingerprint density at radius 3 is 2.83 bits per heavy atom. The maximum Gasteiger partial charge on any atom is 0.217 e. The van der Waals surface area contributed by atoms with Gasteiger partial charge in [0.25, 0.3) is 0 Å². The quantitative estimate of drug-likeness (QED) is 0.790. The lowest BCUT2D eigenvalue weighted by atomic mass is 10.2. The van der Waals surface area contributed by atoms with Crippen molar-refractivity contribution in [3.8, 4) is 17.8 Å². The van der Waals surface area contributed by atoms with E-state index in [0.29, 0.717) is 11.3 Å². The molecule has 2 rings (SSSR count). The van der Waals surface area contributed by atoms with Gasteiger partial charge in [-0.05, 0) is 17.9 Å². The van der Waals surface area contributed by atoms with Gasteiger partial charge in [0.15, 0.2) is 0 Å². The fraction of sp³-hybridized carbons (Fsp3) is 0.154. The molecule has 1 aromatic carbocycles. The normalized spacial score (nSPS) is 9.72. The van der Waals surface area contributed by atoms with Crippen LogP contribution >= 0.6 is 11.8 Å². The van der Waals surface area contributed by atoms with Crippen LogP contribution in [0, 0.1) is 22.7 Å². The molecule has 0 spiro atoms. The third-order valence-electron chi connectivity index (χ3n) is 2.42. The van der Waals surface area contributed by atoms with E-state index in [4.69, 9.17) is 5.26 Å². The molecule has 0 fully saturated rings. The van der Waals surface area contributed by atoms with Crippen LogP contribution in [0.2, 0.25) is 0 Å². The number of hydrogen-bond donors (Lipinski definition) is 0. The molecule has 0 saturated carbocycles. The first-order valence-corrected chi connectivity index (χ1v) is 6.40. The molecule has 4 nitrogen and oxygen atoms in total. The molecule has 1 heterocycles. The molecule has 18 heavy (non-hydrogen) atoms. The molecule has 0 aliphatic rings. The minimum atomic E-state index is 0.283. The van der Waals surface area contributed by atoms with E-state index in [1.807, 2.05) is 31.2 Å². The van der Waals surface area contributed by atoms with E-state index < -0.39 is 0 Å². The molecule has 0 amide bonds. The molecule has 5 heteroatoms. The van der Waals surface area contributed by atoms with Gasteiger partial charge in [0, 0.05) is 17.3 Å². The average molecular weight is 254 g/mol. The lowest BCUT2D eigenvalue weighted by Gasteiger charge is -2.09. The van der Waals surface area contributed by atoms with Crippen molar-refractivity contribution < 1.29 is 0 Å². The fourth-order valence-electron chi connectivity index (χ4n) is 1.69. The molecule has 88 valence electrons. The Morgan fingerprint density at radius 2 is 2.17 bits per heavy atom. The van der Waals surface area contributed by atoms with E-state index in [1.54, 1.807) is 28.7 Å². The van der Waals surface area contributed by atoms with Gasteiger partial charge in [0.1, 0.15) is 12.1 Å². The summed E-state index contributed by atoms with van der Waals surface area (Å²) in [5.74, 6) is 1.18. The summed E-state index contributed by atoms with van der Waals surface area (Å²) in [6.07, 6.45) is 3.24. The molecule has 2 aromatic rings. The number of nitriles is 2. The van der Waals surface area contributed by atoms with Crippen LogP contribution in [0.15, 0.2) is 35.5 Å². The van der Waals surface area contributed by atoms with Crippen LogP contribution < -0.4 is 0 Å². The Labute approximate surface area is 109 Å². The lowest BCUT2D eigenvalue weighted by Crippen LogP contribution is -2.00. The van der Waals surface area contributed by atoms with E-state index >= 15 is 0 Å². The van der Waals surface area contributed by atoms with Crippen molar-refractivity contribution in [3.63, 3.8) is 0 Å². The van der Waals surface area contributed by atoms with E-state index in [9.17, 15) is 5.26 Å². The predicted octanol–water partition coefficient (Wildman–Crippen LogP) is 2.73. The lowest BCUT2D eigenvalue weighted by molar-refractivity contribution is 1.01. The summed E-state index contributed by atoms with van der Waals surface area (Å²) in [5, 5.41) is 18.3. The highest BCUT2D eigenvalue weighted by Crippen LogP contribution is 2.27. The van der Waals surface area contributed by atoms with Crippen molar-refractivity contribution in [2.24, 2.45) is 0 Å². The average Bonchev–Trinajstić information content (AvgIpc) is 2.87. The van der Waals surface area contributed by atoms with Crippen molar-refractivity contribution in [3.05, 3.63) is 42.0 Å². The molecule has 0 N–H and O–H groups in total. The number of hydrogen-bond acceptors (Lipinski definition) is 4.